The molecule has 5 heteroatoms. The van der Waals surface area contributed by atoms with E-state index in [1.807, 2.05) is 6.07 Å². The Hall–Kier alpha value is -2.14. The minimum atomic E-state index is -0.346. The van der Waals surface area contributed by atoms with E-state index >= 15 is 0 Å². The van der Waals surface area contributed by atoms with Gasteiger partial charge in [0.1, 0.15) is 19.0 Å². The second-order valence-electron chi connectivity index (χ2n) is 3.70. The van der Waals surface area contributed by atoms with Crippen molar-refractivity contribution in [3.63, 3.8) is 0 Å². The van der Waals surface area contributed by atoms with Crippen LogP contribution in [0.2, 0.25) is 0 Å². The monoisotopic (exact) mass is 246 g/mol. The number of rotatable bonds is 5. The van der Waals surface area contributed by atoms with Crippen molar-refractivity contribution in [3.05, 3.63) is 54.1 Å². The maximum Gasteiger partial charge on any atom is 0.338 e. The molecule has 0 bridgehead atoms. The fourth-order valence-electron chi connectivity index (χ4n) is 1.59. The number of hydrogen-bond acceptors (Lipinski definition) is 4. The van der Waals surface area contributed by atoms with Gasteiger partial charge in [0.15, 0.2) is 0 Å². The third-order valence-corrected chi connectivity index (χ3v) is 2.52. The van der Waals surface area contributed by atoms with Gasteiger partial charge >= 0.3 is 5.97 Å². The Morgan fingerprint density at radius 1 is 1.33 bits per heavy atom. The van der Waals surface area contributed by atoms with Crippen molar-refractivity contribution < 1.29 is 14.6 Å². The van der Waals surface area contributed by atoms with E-state index < -0.39 is 0 Å². The molecule has 1 N–H and O–H groups in total. The quantitative estimate of drug-likeness (QED) is 0.806. The molecular weight excluding hydrogens is 232 g/mol. The van der Waals surface area contributed by atoms with Crippen molar-refractivity contribution in [1.82, 2.24) is 9.55 Å². The zero-order valence-corrected chi connectivity index (χ0v) is 9.82. The van der Waals surface area contributed by atoms with Crippen molar-refractivity contribution in [2.75, 3.05) is 6.61 Å². The molecule has 0 spiro atoms. The second-order valence-corrected chi connectivity index (χ2v) is 3.70. The Morgan fingerprint density at radius 3 is 2.83 bits per heavy atom. The molecule has 0 amide bonds. The van der Waals surface area contributed by atoms with Crippen LogP contribution in [-0.4, -0.2) is 27.2 Å². The first-order valence-corrected chi connectivity index (χ1v) is 5.64. The van der Waals surface area contributed by atoms with E-state index in [9.17, 15) is 4.79 Å². The summed E-state index contributed by atoms with van der Waals surface area (Å²) in [6, 6.07) is 8.83. The summed E-state index contributed by atoms with van der Waals surface area (Å²) in [7, 11) is 0. The van der Waals surface area contributed by atoms with Crippen LogP contribution in [-0.2, 0) is 17.9 Å². The largest absolute Gasteiger partial charge is 0.460 e. The predicted octanol–water partition coefficient (Wildman–Crippen LogP) is 1.23. The molecular formula is C13H14N2O3. The molecule has 0 aliphatic rings. The van der Waals surface area contributed by atoms with Gasteiger partial charge in [-0.05, 0) is 12.1 Å². The molecule has 0 atom stereocenters. The summed E-state index contributed by atoms with van der Waals surface area (Å²) in [6.45, 7) is 0.602. The summed E-state index contributed by atoms with van der Waals surface area (Å²) in [5.41, 5.74) is 0.533. The highest BCUT2D eigenvalue weighted by Crippen LogP contribution is 2.02. The van der Waals surface area contributed by atoms with E-state index in [1.165, 1.54) is 0 Å². The molecule has 94 valence electrons. The van der Waals surface area contributed by atoms with Gasteiger partial charge in [-0.25, -0.2) is 9.78 Å². The first kappa shape index (κ1) is 12.3. The van der Waals surface area contributed by atoms with Gasteiger partial charge in [0.2, 0.25) is 0 Å². The van der Waals surface area contributed by atoms with E-state index in [-0.39, 0.29) is 19.2 Å². The smallest absolute Gasteiger partial charge is 0.338 e. The molecule has 0 aliphatic carbocycles. The van der Waals surface area contributed by atoms with Crippen LogP contribution in [0.4, 0.5) is 0 Å². The Labute approximate surface area is 105 Å². The lowest BCUT2D eigenvalue weighted by Crippen LogP contribution is -2.12. The highest BCUT2D eigenvalue weighted by Gasteiger charge is 2.06. The number of aliphatic hydroxyl groups excluding tert-OH is 1. The van der Waals surface area contributed by atoms with Crippen LogP contribution in [0.15, 0.2) is 42.7 Å². The van der Waals surface area contributed by atoms with Gasteiger partial charge in [-0.2, -0.15) is 0 Å². The molecule has 0 unspecified atom stereocenters. The molecule has 2 aromatic rings. The number of nitrogens with zero attached hydrogens (tertiary/aromatic N) is 2. The molecule has 18 heavy (non-hydrogen) atoms. The molecule has 0 radical (unpaired) electrons. The van der Waals surface area contributed by atoms with Gasteiger partial charge in [-0.15, -0.1) is 0 Å². The summed E-state index contributed by atoms with van der Waals surface area (Å²) in [4.78, 5) is 15.6. The van der Waals surface area contributed by atoms with Crippen LogP contribution in [0.25, 0.3) is 0 Å². The Kier molecular flexibility index (Phi) is 4.09. The predicted molar refractivity (Wildman–Crippen MR) is 64.9 cm³/mol. The normalized spacial score (nSPS) is 10.3. The summed E-state index contributed by atoms with van der Waals surface area (Å²) >= 11 is 0. The standard InChI is InChI=1S/C13H14N2O3/c16-10-12-14-6-7-15(12)8-9-18-13(17)11-4-2-1-3-5-11/h1-7,16H,8-10H2. The van der Waals surface area contributed by atoms with Crippen LogP contribution in [0.5, 0.6) is 0 Å². The zero-order chi connectivity index (χ0) is 12.8. The van der Waals surface area contributed by atoms with Crippen molar-refractivity contribution in [1.29, 1.82) is 0 Å². The van der Waals surface area contributed by atoms with Gasteiger partial charge in [-0.1, -0.05) is 18.2 Å². The number of aromatic nitrogens is 2. The SMILES string of the molecule is O=C(OCCn1ccnc1CO)c1ccccc1. The molecule has 1 aromatic carbocycles. The zero-order valence-electron chi connectivity index (χ0n) is 9.82. The number of aliphatic hydroxyl groups is 1. The maximum atomic E-state index is 11.6. The summed E-state index contributed by atoms with van der Waals surface area (Å²) in [5, 5.41) is 9.00. The summed E-state index contributed by atoms with van der Waals surface area (Å²) < 4.78 is 6.88. The van der Waals surface area contributed by atoms with Gasteiger partial charge in [0.05, 0.1) is 12.1 Å². The minimum Gasteiger partial charge on any atom is -0.460 e. The third-order valence-electron chi connectivity index (χ3n) is 2.52. The number of imidazole rings is 1. The molecule has 2 rings (SSSR count). The third kappa shape index (κ3) is 2.95. The van der Waals surface area contributed by atoms with Crippen LogP contribution < -0.4 is 0 Å². The topological polar surface area (TPSA) is 64.4 Å². The highest BCUT2D eigenvalue weighted by molar-refractivity contribution is 5.89. The first-order chi connectivity index (χ1) is 8.81. The number of hydrogen-bond donors (Lipinski definition) is 1. The molecule has 0 aliphatic heterocycles. The van der Waals surface area contributed by atoms with Crippen molar-refractivity contribution >= 4 is 5.97 Å². The number of ether oxygens (including phenoxy) is 1. The van der Waals surface area contributed by atoms with E-state index in [0.29, 0.717) is 17.9 Å². The average molecular weight is 246 g/mol. The van der Waals surface area contributed by atoms with Gasteiger partial charge in [0.25, 0.3) is 0 Å². The number of esters is 1. The number of carbonyl (C=O) groups is 1. The summed E-state index contributed by atoms with van der Waals surface area (Å²) in [5.74, 6) is 0.215. The van der Waals surface area contributed by atoms with Crippen molar-refractivity contribution in [2.45, 2.75) is 13.2 Å². The lowest BCUT2D eigenvalue weighted by molar-refractivity contribution is 0.0489. The Morgan fingerprint density at radius 2 is 2.11 bits per heavy atom. The maximum absolute atomic E-state index is 11.6. The van der Waals surface area contributed by atoms with E-state index in [4.69, 9.17) is 9.84 Å². The van der Waals surface area contributed by atoms with Crippen LogP contribution in [0, 0.1) is 0 Å². The molecule has 0 saturated carbocycles. The lowest BCUT2D eigenvalue weighted by atomic mass is 10.2. The fraction of sp³-hybridized carbons (Fsp3) is 0.231. The van der Waals surface area contributed by atoms with Crippen LogP contribution in [0.1, 0.15) is 16.2 Å². The van der Waals surface area contributed by atoms with E-state index in [2.05, 4.69) is 4.98 Å². The Balaban J connectivity index is 1.84. The van der Waals surface area contributed by atoms with E-state index in [0.717, 1.165) is 0 Å². The molecule has 1 aromatic heterocycles. The lowest BCUT2D eigenvalue weighted by Gasteiger charge is -2.07. The van der Waals surface area contributed by atoms with Gasteiger partial charge in [-0.3, -0.25) is 0 Å². The van der Waals surface area contributed by atoms with Crippen LogP contribution in [0.3, 0.4) is 0 Å². The molecule has 0 saturated heterocycles. The molecule has 0 fully saturated rings. The molecule has 1 heterocycles. The van der Waals surface area contributed by atoms with Crippen LogP contribution >= 0.6 is 0 Å². The minimum absolute atomic E-state index is 0.125. The summed E-state index contributed by atoms with van der Waals surface area (Å²) in [6.07, 6.45) is 3.34. The van der Waals surface area contributed by atoms with Gasteiger partial charge < -0.3 is 14.4 Å². The fourth-order valence-corrected chi connectivity index (χ4v) is 1.59. The van der Waals surface area contributed by atoms with E-state index in [1.54, 1.807) is 41.2 Å². The van der Waals surface area contributed by atoms with Crippen molar-refractivity contribution in [3.8, 4) is 0 Å². The highest BCUT2D eigenvalue weighted by atomic mass is 16.5. The van der Waals surface area contributed by atoms with Crippen molar-refractivity contribution in [2.24, 2.45) is 0 Å². The molecule has 5 nitrogen and oxygen atoms in total. The number of benzene rings is 1. The van der Waals surface area contributed by atoms with Gasteiger partial charge in [0, 0.05) is 12.4 Å². The first-order valence-electron chi connectivity index (χ1n) is 5.64. The Bertz CT molecular complexity index is 508. The number of carbonyl (C=O) groups excluding carboxylic acids is 1. The average Bonchev–Trinajstić information content (AvgIpc) is 2.87. The second kappa shape index (κ2) is 5.97.